The average molecular weight is 2010 g/mol. The molecule has 30 nitrogen and oxygen atoms in total. The Morgan fingerprint density at radius 2 is 0.450 bits per heavy atom. The number of methoxy groups -OCH3 is 10. The molecule has 16 heterocycles. The molecule has 0 atom stereocenters. The van der Waals surface area contributed by atoms with Gasteiger partial charge in [0, 0.05) is 89.6 Å². The number of ether oxygens (including phenoxy) is 18. The summed E-state index contributed by atoms with van der Waals surface area (Å²) in [6.45, 7) is 12.6. The fraction of sp³-hybridized carbons (Fsp3) is 0.244. The van der Waals surface area contributed by atoms with Crippen molar-refractivity contribution in [3.63, 3.8) is 0 Å². The van der Waals surface area contributed by atoms with Crippen LogP contribution in [0.2, 0.25) is 0 Å². The van der Waals surface area contributed by atoms with E-state index in [-0.39, 0.29) is 48.1 Å². The minimum atomic E-state index is -0.102. The normalized spacial score (nSPS) is 13.7. The minimum absolute atomic E-state index is 0.0722. The molecule has 0 amide bonds. The third kappa shape index (κ3) is 16.3. The van der Waals surface area contributed by atoms with E-state index in [0.29, 0.717) is 42.3 Å². The Kier molecular flexibility index (Phi) is 24.4. The number of pyridine rings is 6. The maximum Gasteiger partial charge on any atom is 0.231 e. The van der Waals surface area contributed by atoms with Gasteiger partial charge < -0.3 is 116 Å². The molecule has 754 valence electrons. The number of aryl methyl sites for hydroxylation is 15. The second-order valence-electron chi connectivity index (χ2n) is 37.7. The Labute approximate surface area is 856 Å². The molecule has 6 aromatic heterocycles. The Morgan fingerprint density at radius 3 is 0.805 bits per heavy atom. The highest BCUT2D eigenvalue weighted by Crippen LogP contribution is 2.52. The standard InChI is InChI=1S/C21H20NO4.C20H18NO4.C20H17NO4.C20H19NO4.C19H15NO4.C19H17NO4/c1-12-14-4-5-17(23-2)21(24-3)16(14)10-22-7-6-13-8-18-19(26-11-25-18)9-15(13)20(12)22;1-22-17-4-3-12-7-16-14-9-19-18(24-11-25-19)8-13(14)5-6-21(16)10-15(12)20(17)23-2;1-11-13-3-4-16(23-2)20(22)15(13)9-21-6-5-12-7-17-18(25-10-24-17)8-14(12)19(11)21;1-11-13-4-5-18(24-2)20(25-3)15(13)10-21-7-6-12-8-16(22)17(23)9-14(12)19(11)21;1-22-16-3-2-11-6-15-13-8-18-17(23-10-24-18)7-12(13)4-5-20(15)9-14(11)19(16)21;1-23-18-4-3-11-7-15-13-9-17(22)16(21)8-12(13)5-6-20(15)10-14(11)19(18)24-2/h4-5,8-10H,6-7,11H2,1-3H3;3-4,7-10H,5-6,11H2,1-2H3;3-4,7-9H,5-6,10H2,1-2H3;4-5,8-10,23H,6-7H2,1-3H3;2-3,6-9H,4-5,10H2,1H3;3-4,7-10,22H,5-6H2,1-2H3/q2*+1;;;;/p+4. The lowest BCUT2D eigenvalue weighted by atomic mass is 9.92. The molecule has 30 heteroatoms. The lowest BCUT2D eigenvalue weighted by Gasteiger charge is -2.19. The van der Waals surface area contributed by atoms with Crippen molar-refractivity contribution in [1.29, 1.82) is 0 Å². The number of phenols is 6. The number of benzene rings is 12. The molecule has 0 bridgehead atoms. The molecule has 0 fully saturated rings. The van der Waals surface area contributed by atoms with Crippen LogP contribution in [0.25, 0.3) is 132 Å². The molecule has 10 aliphatic rings. The SMILES string of the molecule is COc1ccc2c(C)c3[n+](cc2c1O)CCc1cc2c(cc1-3)OCO2.COc1ccc2c(C)c3[n+](cc2c1OC)CCc1cc(O)c(O)cc1-3.COc1ccc2c(C)c3[n+](cc2c1OC)CCc1cc2c(cc1-3)OCO2.COc1ccc2cc3[n+](cc2c1O)CCc1cc2c(cc1-3)OCO2.COc1ccc2cc3[n+](cc2c1OC)CCc1cc(O)c(O)cc1-3.COc1ccc2cc3[n+](cc2c1OC)CCc1cc2c(cc1-3)OCO2. The van der Waals surface area contributed by atoms with E-state index in [1.807, 2.05) is 67.0 Å². The van der Waals surface area contributed by atoms with Crippen LogP contribution in [0.4, 0.5) is 0 Å². The van der Waals surface area contributed by atoms with E-state index in [1.165, 1.54) is 61.3 Å². The van der Waals surface area contributed by atoms with Gasteiger partial charge >= 0.3 is 0 Å². The van der Waals surface area contributed by atoms with Gasteiger partial charge in [0.25, 0.3) is 0 Å². The summed E-state index contributed by atoms with van der Waals surface area (Å²) in [6.07, 6.45) is 17.8. The molecule has 0 saturated heterocycles. The second kappa shape index (κ2) is 38.4. The van der Waals surface area contributed by atoms with Gasteiger partial charge in [-0.15, -0.1) is 0 Å². The van der Waals surface area contributed by atoms with E-state index < -0.39 is 0 Å². The van der Waals surface area contributed by atoms with Crippen molar-refractivity contribution in [1.82, 2.24) is 0 Å². The summed E-state index contributed by atoms with van der Waals surface area (Å²) in [5.41, 5.74) is 24.0. The topological polar surface area (TPSA) is 311 Å². The van der Waals surface area contributed by atoms with Crippen molar-refractivity contribution in [2.45, 2.75) is 98.6 Å². The third-order valence-electron chi connectivity index (χ3n) is 30.0. The predicted molar refractivity (Wildman–Crippen MR) is 554 cm³/mol. The highest BCUT2D eigenvalue weighted by molar-refractivity contribution is 6.00. The Morgan fingerprint density at radius 1 is 0.215 bits per heavy atom. The zero-order valence-electron chi connectivity index (χ0n) is 84.6. The van der Waals surface area contributed by atoms with Gasteiger partial charge in [-0.1, -0.05) is 0 Å². The molecule has 0 aliphatic carbocycles. The van der Waals surface area contributed by atoms with E-state index in [9.17, 15) is 30.6 Å². The first-order valence-electron chi connectivity index (χ1n) is 49.2. The fourth-order valence-corrected chi connectivity index (χ4v) is 22.7. The lowest BCUT2D eigenvalue weighted by Crippen LogP contribution is -2.40. The van der Waals surface area contributed by atoms with Gasteiger partial charge in [0.15, 0.2) is 214 Å². The molecule has 149 heavy (non-hydrogen) atoms. The van der Waals surface area contributed by atoms with Gasteiger partial charge in [0.05, 0.1) is 137 Å². The molecular formula is C119H110N6O24+6. The molecule has 0 saturated carbocycles. The summed E-state index contributed by atoms with van der Waals surface area (Å²) in [5, 5.41) is 72.4. The minimum Gasteiger partial charge on any atom is -0.504 e. The summed E-state index contributed by atoms with van der Waals surface area (Å²) in [6, 6.07) is 53.2. The number of aromatic hydroxyl groups is 6. The summed E-state index contributed by atoms with van der Waals surface area (Å²) in [7, 11) is 16.4. The van der Waals surface area contributed by atoms with Crippen LogP contribution in [0.15, 0.2) is 201 Å². The zero-order chi connectivity index (χ0) is 103. The fourth-order valence-electron chi connectivity index (χ4n) is 22.7. The number of rotatable bonds is 10. The van der Waals surface area contributed by atoms with Crippen molar-refractivity contribution >= 4 is 64.6 Å². The highest BCUT2D eigenvalue weighted by atomic mass is 16.7. The molecule has 10 aliphatic heterocycles. The van der Waals surface area contributed by atoms with Crippen molar-refractivity contribution in [2.24, 2.45) is 0 Å². The van der Waals surface area contributed by atoms with Crippen LogP contribution in [-0.4, -0.2) is 129 Å². The summed E-state index contributed by atoms with van der Waals surface area (Å²) in [5.74, 6) is 13.5. The van der Waals surface area contributed by atoms with Crippen molar-refractivity contribution in [3.05, 3.63) is 251 Å². The van der Waals surface area contributed by atoms with Crippen molar-refractivity contribution < 1.29 is 143 Å². The van der Waals surface area contributed by atoms with Crippen LogP contribution < -0.4 is 113 Å². The van der Waals surface area contributed by atoms with Gasteiger partial charge in [-0.05, 0) is 216 Å². The predicted octanol–water partition coefficient (Wildman–Crippen LogP) is 18.3. The Balaban J connectivity index is 0.0000000981. The number of fused-ring (bicyclic) bond motifs is 28. The Hall–Kier alpha value is -17.7. The smallest absolute Gasteiger partial charge is 0.231 e. The number of nitrogens with zero attached hydrogens (tertiary/aromatic N) is 6. The van der Waals surface area contributed by atoms with Crippen LogP contribution in [0, 0.1) is 20.8 Å². The summed E-state index contributed by atoms with van der Waals surface area (Å²) in [4.78, 5) is 0. The molecule has 0 radical (unpaired) electrons. The first-order valence-corrected chi connectivity index (χ1v) is 49.2. The highest BCUT2D eigenvalue weighted by Gasteiger charge is 2.39. The maximum atomic E-state index is 10.5. The summed E-state index contributed by atoms with van der Waals surface area (Å²) < 4.78 is 112. The molecule has 0 unspecified atom stereocenters. The first kappa shape index (κ1) is 94.9. The van der Waals surface area contributed by atoms with Crippen molar-refractivity contribution in [3.8, 4) is 206 Å². The van der Waals surface area contributed by atoms with E-state index in [4.69, 9.17) is 85.3 Å². The third-order valence-corrected chi connectivity index (χ3v) is 30.0. The van der Waals surface area contributed by atoms with Gasteiger partial charge in [0.2, 0.25) is 61.3 Å². The van der Waals surface area contributed by atoms with Gasteiger partial charge in [-0.25, -0.2) is 0 Å². The van der Waals surface area contributed by atoms with Crippen LogP contribution in [0.1, 0.15) is 50.1 Å². The quantitative estimate of drug-likeness (QED) is 0.0547. The molecular weight excluding hydrogens is 1900 g/mol. The monoisotopic (exact) mass is 2010 g/mol. The Bertz CT molecular complexity index is 8650. The largest absolute Gasteiger partial charge is 0.504 e. The second-order valence-corrected chi connectivity index (χ2v) is 37.7. The van der Waals surface area contributed by atoms with Crippen LogP contribution in [0.3, 0.4) is 0 Å². The molecule has 18 aromatic rings. The molecule has 0 spiro atoms. The number of hydrogen-bond acceptors (Lipinski definition) is 24. The zero-order valence-corrected chi connectivity index (χ0v) is 84.6. The number of aromatic nitrogens is 6. The van der Waals surface area contributed by atoms with Gasteiger partial charge in [-0.3, -0.25) is 0 Å². The molecule has 28 rings (SSSR count). The molecule has 12 aromatic carbocycles. The average Bonchev–Trinajstić information content (AvgIpc) is 1.53. The van der Waals surface area contributed by atoms with Gasteiger partial charge in [-0.2, -0.15) is 27.4 Å². The van der Waals surface area contributed by atoms with E-state index in [0.717, 1.165) is 274 Å². The van der Waals surface area contributed by atoms with Gasteiger partial charge in [0.1, 0.15) is 0 Å². The van der Waals surface area contributed by atoms with E-state index in [2.05, 4.69) is 152 Å². The number of hydrogen-bond donors (Lipinski definition) is 6. The lowest BCUT2D eigenvalue weighted by molar-refractivity contribution is -0.686. The van der Waals surface area contributed by atoms with E-state index in [1.54, 1.807) is 101 Å². The first-order chi connectivity index (χ1) is 72.6. The van der Waals surface area contributed by atoms with Crippen LogP contribution >= 0.6 is 0 Å². The van der Waals surface area contributed by atoms with E-state index >= 15 is 0 Å². The number of phenolic OH excluding ortho intramolecular Hbond substituents is 6. The molecule has 6 N–H and O–H groups in total. The maximum absolute atomic E-state index is 10.5. The van der Waals surface area contributed by atoms with Crippen LogP contribution in [0.5, 0.6) is 138 Å². The summed E-state index contributed by atoms with van der Waals surface area (Å²) >= 11 is 0. The van der Waals surface area contributed by atoms with Crippen LogP contribution in [-0.2, 0) is 77.8 Å². The van der Waals surface area contributed by atoms with Crippen molar-refractivity contribution in [2.75, 3.05) is 98.3 Å².